The van der Waals surface area contributed by atoms with E-state index >= 15 is 0 Å². The van der Waals surface area contributed by atoms with Crippen molar-refractivity contribution < 1.29 is 19.0 Å². The third kappa shape index (κ3) is 7.97. The van der Waals surface area contributed by atoms with Crippen molar-refractivity contribution in [3.8, 4) is 0 Å². The van der Waals surface area contributed by atoms with Crippen molar-refractivity contribution in [1.82, 2.24) is 19.9 Å². The van der Waals surface area contributed by atoms with Gasteiger partial charge in [0.05, 0.1) is 22.8 Å². The Morgan fingerprint density at radius 1 is 1.23 bits per heavy atom. The van der Waals surface area contributed by atoms with Gasteiger partial charge in [0.1, 0.15) is 29.3 Å². The number of nitrogens with one attached hydrogen (secondary N) is 2. The number of hydrogen-bond donors (Lipinski definition) is 3. The van der Waals surface area contributed by atoms with Crippen molar-refractivity contribution in [2.75, 3.05) is 50.5 Å². The molecular weight excluding hydrogens is 523 g/mol. The lowest BCUT2D eigenvalue weighted by molar-refractivity contribution is -0.138. The van der Waals surface area contributed by atoms with Gasteiger partial charge in [-0.3, -0.25) is 0 Å². The number of rotatable bonds is 14. The first-order valence-corrected chi connectivity index (χ1v) is 13.8. The fraction of sp³-hybridized carbons (Fsp3) is 0.500. The average Bonchev–Trinajstić information content (AvgIpc) is 2.91. The second-order valence-corrected chi connectivity index (χ2v) is 10.3. The lowest BCUT2D eigenvalue weighted by atomic mass is 10.1. The minimum atomic E-state index is -0.996. The van der Waals surface area contributed by atoms with Crippen molar-refractivity contribution in [2.24, 2.45) is 0 Å². The van der Waals surface area contributed by atoms with Crippen LogP contribution in [-0.4, -0.2) is 76.9 Å². The first-order valence-electron chi connectivity index (χ1n) is 13.4. The minimum Gasteiger partial charge on any atom is -0.480 e. The van der Waals surface area contributed by atoms with Gasteiger partial charge in [0.25, 0.3) is 0 Å². The quantitative estimate of drug-likeness (QED) is 0.242. The molecule has 3 aromatic rings. The zero-order valence-corrected chi connectivity index (χ0v) is 23.2. The Labute approximate surface area is 233 Å². The van der Waals surface area contributed by atoms with Crippen LogP contribution in [0.2, 0.25) is 5.02 Å². The Hall–Kier alpha value is -3.08. The van der Waals surface area contributed by atoms with Crippen LogP contribution in [0.5, 0.6) is 0 Å². The first-order chi connectivity index (χ1) is 18.8. The molecule has 39 heavy (non-hydrogen) atoms. The van der Waals surface area contributed by atoms with Crippen LogP contribution in [0.15, 0.2) is 24.3 Å². The number of halogens is 2. The molecule has 1 aliphatic rings. The third-order valence-electron chi connectivity index (χ3n) is 6.91. The van der Waals surface area contributed by atoms with E-state index in [9.17, 15) is 14.3 Å². The Balaban J connectivity index is 1.34. The Morgan fingerprint density at radius 3 is 2.87 bits per heavy atom. The zero-order valence-electron chi connectivity index (χ0n) is 22.5. The van der Waals surface area contributed by atoms with Crippen LogP contribution >= 0.6 is 11.6 Å². The van der Waals surface area contributed by atoms with Crippen LogP contribution in [0.4, 0.5) is 16.0 Å². The number of fused-ring (bicyclic) bond motifs is 2. The van der Waals surface area contributed by atoms with Gasteiger partial charge in [-0.1, -0.05) is 11.6 Å². The topological polar surface area (TPSA) is 113 Å². The fourth-order valence-corrected chi connectivity index (χ4v) is 5.08. The van der Waals surface area contributed by atoms with Gasteiger partial charge < -0.3 is 25.4 Å². The van der Waals surface area contributed by atoms with Gasteiger partial charge >= 0.3 is 5.97 Å². The van der Waals surface area contributed by atoms with Crippen LogP contribution in [0, 0.1) is 12.7 Å². The number of carbonyl (C=O) groups is 1. The predicted octanol–water partition coefficient (Wildman–Crippen LogP) is 4.71. The van der Waals surface area contributed by atoms with Gasteiger partial charge in [-0.15, -0.1) is 0 Å². The molecule has 9 nitrogen and oxygen atoms in total. The molecule has 0 aliphatic carbocycles. The SMILES string of the molecule is COCCN(CCCCc1nc2c(cc1Cl)CCCN2)CC[C@H](Nc1nc(C)nc2ccc(F)cc12)C(=O)O. The van der Waals surface area contributed by atoms with E-state index in [-0.39, 0.29) is 0 Å². The third-order valence-corrected chi connectivity index (χ3v) is 7.23. The maximum absolute atomic E-state index is 13.9. The molecule has 0 unspecified atom stereocenters. The molecule has 0 spiro atoms. The van der Waals surface area contributed by atoms with E-state index < -0.39 is 17.8 Å². The standard InChI is InChI=1S/C28H36ClFN6O3/c1-18-32-23-9-8-20(30)17-21(23)27(33-18)35-25(28(37)38)10-13-36(14-15-39-2)12-4-3-7-24-22(29)16-19-6-5-11-31-26(19)34-24/h8-9,16-17,25H,3-7,10-15H2,1-2H3,(H,31,34)(H,37,38)(H,32,33,35)/t25-/m0/s1. The van der Waals surface area contributed by atoms with Gasteiger partial charge in [0.15, 0.2) is 0 Å². The molecule has 3 N–H and O–H groups in total. The van der Waals surface area contributed by atoms with Crippen molar-refractivity contribution in [3.05, 3.63) is 52.2 Å². The minimum absolute atomic E-state index is 0.316. The predicted molar refractivity (Wildman–Crippen MR) is 151 cm³/mol. The summed E-state index contributed by atoms with van der Waals surface area (Å²) in [7, 11) is 1.65. The van der Waals surface area contributed by atoms with Crippen molar-refractivity contribution in [3.63, 3.8) is 0 Å². The number of methoxy groups -OCH3 is 1. The normalized spacial score (nSPS) is 13.8. The van der Waals surface area contributed by atoms with E-state index in [1.807, 2.05) is 6.07 Å². The van der Waals surface area contributed by atoms with E-state index in [2.05, 4.69) is 25.5 Å². The van der Waals surface area contributed by atoms with Crippen LogP contribution in [-0.2, 0) is 22.4 Å². The van der Waals surface area contributed by atoms with Gasteiger partial charge in [-0.05, 0) is 81.8 Å². The summed E-state index contributed by atoms with van der Waals surface area (Å²) in [6, 6.07) is 5.35. The summed E-state index contributed by atoms with van der Waals surface area (Å²) in [5.74, 6) is 0.315. The van der Waals surface area contributed by atoms with E-state index in [1.54, 1.807) is 20.1 Å². The molecule has 0 amide bonds. The van der Waals surface area contributed by atoms with E-state index in [0.29, 0.717) is 48.7 Å². The van der Waals surface area contributed by atoms with Gasteiger partial charge in [0, 0.05) is 32.1 Å². The molecule has 11 heteroatoms. The summed E-state index contributed by atoms with van der Waals surface area (Å²) in [6.07, 6.45) is 5.03. The number of carboxylic acids is 1. The number of carboxylic acid groups (broad SMARTS) is 1. The summed E-state index contributed by atoms with van der Waals surface area (Å²) < 4.78 is 19.2. The summed E-state index contributed by atoms with van der Waals surface area (Å²) >= 11 is 6.50. The van der Waals surface area contributed by atoms with Crippen LogP contribution in [0.25, 0.3) is 10.9 Å². The number of ether oxygens (including phenoxy) is 1. The number of unbranched alkanes of at least 4 members (excludes halogenated alkanes) is 1. The fourth-order valence-electron chi connectivity index (χ4n) is 4.81. The highest BCUT2D eigenvalue weighted by Gasteiger charge is 2.21. The number of aromatic nitrogens is 3. The summed E-state index contributed by atoms with van der Waals surface area (Å²) in [5.41, 5.74) is 2.64. The molecule has 210 valence electrons. The molecule has 0 saturated carbocycles. The van der Waals surface area contributed by atoms with Gasteiger partial charge in [-0.2, -0.15) is 0 Å². The number of nitrogens with zero attached hydrogens (tertiary/aromatic N) is 4. The number of pyridine rings is 1. The second kappa shape index (κ2) is 13.8. The second-order valence-electron chi connectivity index (χ2n) is 9.85. The molecule has 1 aliphatic heterocycles. The lowest BCUT2D eigenvalue weighted by Gasteiger charge is -2.24. The average molecular weight is 559 g/mol. The van der Waals surface area contributed by atoms with Crippen molar-refractivity contribution in [1.29, 1.82) is 0 Å². The van der Waals surface area contributed by atoms with Crippen LogP contribution in [0.1, 0.15) is 42.8 Å². The number of benzene rings is 1. The van der Waals surface area contributed by atoms with Crippen LogP contribution < -0.4 is 10.6 Å². The van der Waals surface area contributed by atoms with Gasteiger partial charge in [0.2, 0.25) is 0 Å². The van der Waals surface area contributed by atoms with Gasteiger partial charge in [-0.25, -0.2) is 24.1 Å². The molecule has 0 fully saturated rings. The Bertz CT molecular complexity index is 1290. The van der Waals surface area contributed by atoms with Crippen LogP contribution in [0.3, 0.4) is 0 Å². The summed E-state index contributed by atoms with van der Waals surface area (Å²) in [6.45, 7) is 5.23. The largest absolute Gasteiger partial charge is 0.480 e. The smallest absolute Gasteiger partial charge is 0.326 e. The number of aryl methyl sites for hydroxylation is 3. The van der Waals surface area contributed by atoms with E-state index in [0.717, 1.165) is 61.7 Å². The highest BCUT2D eigenvalue weighted by Crippen LogP contribution is 2.27. The highest BCUT2D eigenvalue weighted by atomic mass is 35.5. The molecule has 1 atom stereocenters. The molecule has 2 aromatic heterocycles. The number of anilines is 2. The van der Waals surface area contributed by atoms with E-state index in [4.69, 9.17) is 21.3 Å². The van der Waals surface area contributed by atoms with Crippen molar-refractivity contribution in [2.45, 2.75) is 51.5 Å². The van der Waals surface area contributed by atoms with Crippen molar-refractivity contribution >= 4 is 40.1 Å². The Morgan fingerprint density at radius 2 is 2.08 bits per heavy atom. The maximum Gasteiger partial charge on any atom is 0.326 e. The number of hydrogen-bond acceptors (Lipinski definition) is 8. The molecular formula is C28H36ClFN6O3. The molecule has 3 heterocycles. The molecule has 0 radical (unpaired) electrons. The summed E-state index contributed by atoms with van der Waals surface area (Å²) in [4.78, 5) is 27.8. The van der Waals surface area contributed by atoms with E-state index in [1.165, 1.54) is 17.7 Å². The number of aliphatic carboxylic acids is 1. The molecule has 1 aromatic carbocycles. The lowest BCUT2D eigenvalue weighted by Crippen LogP contribution is -2.37. The Kier molecular flexibility index (Phi) is 10.2. The maximum atomic E-state index is 13.9. The zero-order chi connectivity index (χ0) is 27.8. The monoisotopic (exact) mass is 558 g/mol. The highest BCUT2D eigenvalue weighted by molar-refractivity contribution is 6.31. The molecule has 4 rings (SSSR count). The first kappa shape index (κ1) is 28.9. The summed E-state index contributed by atoms with van der Waals surface area (Å²) in [5, 5.41) is 17.5. The molecule has 0 bridgehead atoms. The molecule has 0 saturated heterocycles.